The molecular weight excluding hydrogens is 385 g/mol. The Morgan fingerprint density at radius 2 is 1.79 bits per heavy atom. The van der Waals surface area contributed by atoms with Gasteiger partial charge in [0.2, 0.25) is 5.88 Å². The van der Waals surface area contributed by atoms with Gasteiger partial charge in [-0.15, -0.1) is 0 Å². The number of hydrogen-bond acceptors (Lipinski definition) is 4. The molecule has 0 fully saturated rings. The Balaban J connectivity index is 1.82. The van der Waals surface area contributed by atoms with E-state index in [1.807, 2.05) is 6.07 Å². The van der Waals surface area contributed by atoms with Gasteiger partial charge in [-0.2, -0.15) is 5.26 Å². The normalized spacial score (nSPS) is 10.4. The van der Waals surface area contributed by atoms with Gasteiger partial charge in [0.05, 0.1) is 17.3 Å². The number of benzene rings is 2. The van der Waals surface area contributed by atoms with E-state index in [9.17, 15) is 18.0 Å². The molecule has 1 aromatic heterocycles. The molecule has 3 rings (SSSR count). The summed E-state index contributed by atoms with van der Waals surface area (Å²) in [6.07, 6.45) is -0.532. The lowest BCUT2D eigenvalue weighted by molar-refractivity contribution is -0.136. The van der Waals surface area contributed by atoms with Crippen molar-refractivity contribution in [2.24, 2.45) is 0 Å². The lowest BCUT2D eigenvalue weighted by Gasteiger charge is -2.10. The van der Waals surface area contributed by atoms with Gasteiger partial charge >= 0.3 is 5.97 Å². The number of ether oxygens (including phenoxy) is 1. The molecule has 0 bridgehead atoms. The fourth-order valence-electron chi connectivity index (χ4n) is 2.62. The smallest absolute Gasteiger partial charge is 0.520 e. The molecule has 0 aliphatic heterocycles. The van der Waals surface area contributed by atoms with Gasteiger partial charge < -0.3 is 9.84 Å². The molecule has 0 aliphatic rings. The highest BCUT2D eigenvalue weighted by molar-refractivity contribution is 5.71. The molecule has 0 saturated carbocycles. The zero-order valence-electron chi connectivity index (χ0n) is 14.9. The number of nitrogens with zero attached hydrogens (tertiary/aromatic N) is 2. The van der Waals surface area contributed by atoms with E-state index >= 15 is 0 Å². The topological polar surface area (TPSA) is 85.9 Å². The summed E-state index contributed by atoms with van der Waals surface area (Å²) in [5, 5.41) is 15.6. The molecule has 0 spiro atoms. The third kappa shape index (κ3) is 4.71. The summed E-state index contributed by atoms with van der Waals surface area (Å²) in [7, 11) is 0. The summed E-state index contributed by atoms with van der Waals surface area (Å²) in [6.45, 7) is -0.171. The van der Waals surface area contributed by atoms with E-state index in [1.54, 1.807) is 0 Å². The largest absolute Gasteiger partial charge is 0.564 e. The molecule has 0 saturated heterocycles. The first-order chi connectivity index (χ1) is 13.9. The average molecular weight is 399 g/mol. The van der Waals surface area contributed by atoms with Crippen molar-refractivity contribution >= 4 is 5.97 Å². The summed E-state index contributed by atoms with van der Waals surface area (Å²) in [6, 6.07) is 12.0. The van der Waals surface area contributed by atoms with E-state index in [0.29, 0.717) is 0 Å². The van der Waals surface area contributed by atoms with Crippen molar-refractivity contribution in [3.8, 4) is 23.2 Å². The first-order valence-electron chi connectivity index (χ1n) is 8.38. The van der Waals surface area contributed by atoms with Crippen LogP contribution >= 0.6 is 0 Å². The van der Waals surface area contributed by atoms with E-state index in [0.717, 1.165) is 18.2 Å². The van der Waals surface area contributed by atoms with Crippen LogP contribution in [0, 0.1) is 28.8 Å². The quantitative estimate of drug-likeness (QED) is 0.595. The number of halogens is 3. The first kappa shape index (κ1) is 19.9. The van der Waals surface area contributed by atoms with Crippen LogP contribution in [0.25, 0.3) is 11.3 Å². The van der Waals surface area contributed by atoms with Gasteiger partial charge in [-0.1, -0.05) is 12.1 Å². The van der Waals surface area contributed by atoms with Crippen molar-refractivity contribution < 1.29 is 27.8 Å². The van der Waals surface area contributed by atoms with Gasteiger partial charge in [-0.25, -0.2) is 18.2 Å². The maximum atomic E-state index is 14.4. The van der Waals surface area contributed by atoms with Crippen molar-refractivity contribution in [1.29, 1.82) is 5.26 Å². The Labute approximate surface area is 163 Å². The number of pyridine rings is 1. The highest BCUT2D eigenvalue weighted by Gasteiger charge is 2.18. The molecule has 2 aromatic carbocycles. The highest BCUT2D eigenvalue weighted by Crippen LogP contribution is 2.26. The molecule has 0 unspecified atom stereocenters. The van der Waals surface area contributed by atoms with E-state index in [1.165, 1.54) is 30.3 Å². The van der Waals surface area contributed by atoms with Crippen LogP contribution in [-0.4, -0.2) is 16.1 Å². The predicted molar refractivity (Wildman–Crippen MR) is 97.4 cm³/mol. The van der Waals surface area contributed by atoms with Gasteiger partial charge in [0, 0.05) is 27.6 Å². The number of rotatable bonds is 6. The van der Waals surface area contributed by atoms with Gasteiger partial charge in [0.15, 0.2) is 0 Å². The third-order valence-electron chi connectivity index (χ3n) is 4.04. The molecule has 0 amide bonds. The number of carbonyl (C=O) groups excluding carboxylic acids is 1. The first-order valence-corrected chi connectivity index (χ1v) is 8.38. The van der Waals surface area contributed by atoms with Gasteiger partial charge in [-0.3, -0.25) is 0 Å². The van der Waals surface area contributed by atoms with Crippen molar-refractivity contribution in [3.05, 3.63) is 82.7 Å². The lowest BCUT2D eigenvalue weighted by atomic mass is 10.0. The number of aromatic nitrogens is 1. The minimum absolute atomic E-state index is 0.0662. The monoisotopic (exact) mass is 399 g/mol. The maximum absolute atomic E-state index is 14.4. The Bertz CT molecular complexity index is 1130. The van der Waals surface area contributed by atoms with Gasteiger partial charge in [0.25, 0.3) is 0 Å². The van der Waals surface area contributed by atoms with E-state index in [4.69, 9.17) is 15.1 Å². The van der Waals surface area contributed by atoms with E-state index in [-0.39, 0.29) is 40.4 Å². The summed E-state index contributed by atoms with van der Waals surface area (Å²) in [5.74, 6) is -3.19. The molecule has 5 nitrogen and oxygen atoms in total. The van der Waals surface area contributed by atoms with Crippen molar-refractivity contribution in [1.82, 2.24) is 4.98 Å². The molecule has 0 atom stereocenters. The molecule has 1 heterocycles. The van der Waals surface area contributed by atoms with Crippen LogP contribution in [0.1, 0.15) is 16.7 Å². The standard InChI is InChI=1S/C21H13F3N2O3/c22-16-6-12(10-25)4-5-13(16)11-29-20-3-1-2-19(26-20)15-9-17(23)14(7-18(15)24)8-21(27)28/h1-7,9H,8,11H2,(H,27,28)/p+1. The SMILES string of the molecule is N#Cc1ccc(COc2cccc(-c3cc(F)c(CC(=O)[OH2+])cc3F)n2)c(F)c1. The van der Waals surface area contributed by atoms with Gasteiger partial charge in [0.1, 0.15) is 30.5 Å². The van der Waals surface area contributed by atoms with Crippen molar-refractivity contribution in [2.75, 3.05) is 0 Å². The minimum Gasteiger partial charge on any atom is -0.564 e. The highest BCUT2D eigenvalue weighted by atomic mass is 19.1. The molecule has 2 N–H and O–H groups in total. The summed E-state index contributed by atoms with van der Waals surface area (Å²) in [4.78, 5) is 14.9. The molecule has 8 heteroatoms. The molecule has 3 aromatic rings. The maximum Gasteiger partial charge on any atom is 0.520 e. The third-order valence-corrected chi connectivity index (χ3v) is 4.04. The fourth-order valence-corrected chi connectivity index (χ4v) is 2.62. The van der Waals surface area contributed by atoms with Crippen LogP contribution in [0.4, 0.5) is 13.2 Å². The van der Waals surface area contributed by atoms with Crippen LogP contribution in [0.15, 0.2) is 48.5 Å². The number of carbonyl (C=O) groups is 1. The Morgan fingerprint density at radius 3 is 2.48 bits per heavy atom. The van der Waals surface area contributed by atoms with Crippen LogP contribution in [0.3, 0.4) is 0 Å². The molecule has 146 valence electrons. The zero-order chi connectivity index (χ0) is 21.0. The van der Waals surface area contributed by atoms with Crippen LogP contribution < -0.4 is 4.74 Å². The molecule has 0 aliphatic carbocycles. The fraction of sp³-hybridized carbons (Fsp3) is 0.0952. The van der Waals surface area contributed by atoms with Crippen LogP contribution in [0.2, 0.25) is 0 Å². The van der Waals surface area contributed by atoms with E-state index in [2.05, 4.69) is 4.98 Å². The predicted octanol–water partition coefficient (Wildman–Crippen LogP) is 3.41. The zero-order valence-corrected chi connectivity index (χ0v) is 14.9. The van der Waals surface area contributed by atoms with E-state index < -0.39 is 29.8 Å². The Kier molecular flexibility index (Phi) is 5.79. The van der Waals surface area contributed by atoms with Crippen molar-refractivity contribution in [2.45, 2.75) is 13.0 Å². The van der Waals surface area contributed by atoms with Crippen LogP contribution in [0.5, 0.6) is 5.88 Å². The van der Waals surface area contributed by atoms with Gasteiger partial charge in [-0.05, 0) is 30.3 Å². The number of nitriles is 1. The second kappa shape index (κ2) is 8.44. The molecule has 29 heavy (non-hydrogen) atoms. The summed E-state index contributed by atoms with van der Waals surface area (Å²) < 4.78 is 47.9. The van der Waals surface area contributed by atoms with Crippen molar-refractivity contribution in [3.63, 3.8) is 0 Å². The Hall–Kier alpha value is -3.86. The average Bonchev–Trinajstić information content (AvgIpc) is 2.69. The second-order valence-corrected chi connectivity index (χ2v) is 6.09. The summed E-state index contributed by atoms with van der Waals surface area (Å²) >= 11 is 0. The molecule has 0 radical (unpaired) electrons. The Morgan fingerprint density at radius 1 is 1.03 bits per heavy atom. The van der Waals surface area contributed by atoms with Crippen LogP contribution in [-0.2, 0) is 17.8 Å². The number of hydrogen-bond donors (Lipinski definition) is 0. The lowest BCUT2D eigenvalue weighted by Crippen LogP contribution is -2.04. The second-order valence-electron chi connectivity index (χ2n) is 6.09. The molecular formula is C21H14F3N2O3+. The summed E-state index contributed by atoms with van der Waals surface area (Å²) in [5.41, 5.74) is 0.119. The minimum atomic E-state index is -1.03.